The van der Waals surface area contributed by atoms with Crippen molar-refractivity contribution in [2.75, 3.05) is 26.2 Å². The van der Waals surface area contributed by atoms with Crippen LogP contribution in [0.1, 0.15) is 20.7 Å². The maximum absolute atomic E-state index is 12.8. The van der Waals surface area contributed by atoms with E-state index in [2.05, 4.69) is 20.9 Å². The highest BCUT2D eigenvalue weighted by Gasteiger charge is 2.25. The molecular weight excluding hydrogens is 446 g/mol. The number of aromatic nitrogens is 1. The number of pyridine rings is 1. The third-order valence-corrected chi connectivity index (χ3v) is 5.37. The summed E-state index contributed by atoms with van der Waals surface area (Å²) in [5.41, 5.74) is 1.17. The third kappa shape index (κ3) is 4.68. The minimum absolute atomic E-state index is 0.00147. The van der Waals surface area contributed by atoms with Crippen LogP contribution in [0.2, 0.25) is 0 Å². The molecule has 0 atom stereocenters. The molecular formula is C23H20BrN3O3. The smallest absolute Gasteiger partial charge is 0.255 e. The van der Waals surface area contributed by atoms with E-state index in [1.165, 1.54) is 6.20 Å². The number of piperazine rings is 1. The maximum atomic E-state index is 12.8. The molecule has 1 aliphatic heterocycles. The van der Waals surface area contributed by atoms with Crippen LogP contribution in [-0.4, -0.2) is 52.8 Å². The molecule has 0 N–H and O–H groups in total. The molecule has 2 aromatic carbocycles. The van der Waals surface area contributed by atoms with E-state index in [9.17, 15) is 9.59 Å². The normalized spacial score (nSPS) is 13.8. The minimum atomic E-state index is -0.0942. The lowest BCUT2D eigenvalue weighted by Crippen LogP contribution is -2.50. The average Bonchev–Trinajstić information content (AvgIpc) is 2.79. The Bertz CT molecular complexity index is 1030. The third-order valence-electron chi connectivity index (χ3n) is 4.88. The van der Waals surface area contributed by atoms with Gasteiger partial charge in [0.1, 0.15) is 5.75 Å². The number of ether oxygens (including phenoxy) is 1. The Morgan fingerprint density at radius 1 is 0.800 bits per heavy atom. The molecule has 0 aliphatic carbocycles. The van der Waals surface area contributed by atoms with E-state index in [1.807, 2.05) is 54.6 Å². The van der Waals surface area contributed by atoms with Gasteiger partial charge in [-0.1, -0.05) is 40.2 Å². The van der Waals surface area contributed by atoms with Gasteiger partial charge in [-0.15, -0.1) is 0 Å². The number of rotatable bonds is 4. The summed E-state index contributed by atoms with van der Waals surface area (Å²) in [4.78, 5) is 33.1. The largest absolute Gasteiger partial charge is 0.439 e. The lowest BCUT2D eigenvalue weighted by atomic mass is 10.1. The molecule has 2 heterocycles. The molecule has 2 amide bonds. The number of benzene rings is 2. The van der Waals surface area contributed by atoms with Crippen molar-refractivity contribution in [3.8, 4) is 11.6 Å². The summed E-state index contributed by atoms with van der Waals surface area (Å²) < 4.78 is 6.63. The van der Waals surface area contributed by atoms with E-state index >= 15 is 0 Å². The Morgan fingerprint density at radius 2 is 1.47 bits per heavy atom. The zero-order valence-corrected chi connectivity index (χ0v) is 17.8. The van der Waals surface area contributed by atoms with Gasteiger partial charge in [0.25, 0.3) is 11.8 Å². The van der Waals surface area contributed by atoms with Crippen LogP contribution >= 0.6 is 15.9 Å². The van der Waals surface area contributed by atoms with E-state index < -0.39 is 0 Å². The van der Waals surface area contributed by atoms with Gasteiger partial charge in [0, 0.05) is 48.5 Å². The van der Waals surface area contributed by atoms with Gasteiger partial charge in [-0.25, -0.2) is 4.98 Å². The predicted molar refractivity (Wildman–Crippen MR) is 117 cm³/mol. The summed E-state index contributed by atoms with van der Waals surface area (Å²) in [6.07, 6.45) is 1.52. The molecule has 0 unspecified atom stereocenters. The van der Waals surface area contributed by atoms with Crippen molar-refractivity contribution < 1.29 is 14.3 Å². The van der Waals surface area contributed by atoms with Gasteiger partial charge in [0.05, 0.1) is 5.56 Å². The highest BCUT2D eigenvalue weighted by atomic mass is 79.9. The fraction of sp³-hybridized carbons (Fsp3) is 0.174. The van der Waals surface area contributed by atoms with Crippen molar-refractivity contribution in [3.05, 3.63) is 88.5 Å². The molecule has 30 heavy (non-hydrogen) atoms. The van der Waals surface area contributed by atoms with Gasteiger partial charge in [-0.05, 0) is 36.4 Å². The Morgan fingerprint density at radius 3 is 2.07 bits per heavy atom. The number of nitrogens with zero attached hydrogens (tertiary/aromatic N) is 3. The van der Waals surface area contributed by atoms with Crippen LogP contribution in [0, 0.1) is 0 Å². The van der Waals surface area contributed by atoms with Crippen molar-refractivity contribution in [1.82, 2.24) is 14.8 Å². The van der Waals surface area contributed by atoms with E-state index in [0.29, 0.717) is 48.9 Å². The van der Waals surface area contributed by atoms with Crippen LogP contribution in [0.15, 0.2) is 77.4 Å². The van der Waals surface area contributed by atoms with Crippen molar-refractivity contribution >= 4 is 27.7 Å². The lowest BCUT2D eigenvalue weighted by Gasteiger charge is -2.34. The molecule has 1 aromatic heterocycles. The van der Waals surface area contributed by atoms with E-state index in [1.54, 1.807) is 21.9 Å². The number of carbonyl (C=O) groups excluding carboxylic acids is 2. The topological polar surface area (TPSA) is 62.7 Å². The molecule has 6 nitrogen and oxygen atoms in total. The predicted octanol–water partition coefficient (Wildman–Crippen LogP) is 4.23. The first-order valence-electron chi connectivity index (χ1n) is 9.63. The Hall–Kier alpha value is -3.19. The molecule has 7 heteroatoms. The summed E-state index contributed by atoms with van der Waals surface area (Å²) in [5, 5.41) is 0. The Kier molecular flexibility index (Phi) is 6.09. The zero-order chi connectivity index (χ0) is 20.9. The fourth-order valence-electron chi connectivity index (χ4n) is 3.28. The van der Waals surface area contributed by atoms with Crippen molar-refractivity contribution in [2.45, 2.75) is 0 Å². The summed E-state index contributed by atoms with van der Waals surface area (Å²) in [6, 6.07) is 20.1. The molecule has 3 aromatic rings. The second kappa shape index (κ2) is 9.09. The van der Waals surface area contributed by atoms with Gasteiger partial charge in [-0.2, -0.15) is 0 Å². The van der Waals surface area contributed by atoms with Crippen molar-refractivity contribution in [2.24, 2.45) is 0 Å². The van der Waals surface area contributed by atoms with Gasteiger partial charge in [0.15, 0.2) is 0 Å². The van der Waals surface area contributed by atoms with Crippen molar-refractivity contribution in [1.29, 1.82) is 0 Å². The first kappa shape index (κ1) is 20.1. The summed E-state index contributed by atoms with van der Waals surface area (Å²) >= 11 is 3.40. The number of hydrogen-bond donors (Lipinski definition) is 0. The quantitative estimate of drug-likeness (QED) is 0.578. The van der Waals surface area contributed by atoms with Gasteiger partial charge >= 0.3 is 0 Å². The monoisotopic (exact) mass is 465 g/mol. The molecule has 1 saturated heterocycles. The molecule has 0 spiro atoms. The highest BCUT2D eigenvalue weighted by Crippen LogP contribution is 2.23. The Balaban J connectivity index is 1.34. The minimum Gasteiger partial charge on any atom is -0.439 e. The summed E-state index contributed by atoms with van der Waals surface area (Å²) in [7, 11) is 0. The first-order chi connectivity index (χ1) is 14.6. The number of carbonyl (C=O) groups is 2. The zero-order valence-electron chi connectivity index (χ0n) is 16.2. The average molecular weight is 466 g/mol. The maximum Gasteiger partial charge on any atom is 0.255 e. The van der Waals surface area contributed by atoms with Gasteiger partial charge in [-0.3, -0.25) is 9.59 Å². The number of halogens is 1. The van der Waals surface area contributed by atoms with Crippen LogP contribution in [0.3, 0.4) is 0 Å². The van der Waals surface area contributed by atoms with Crippen LogP contribution < -0.4 is 4.74 Å². The summed E-state index contributed by atoms with van der Waals surface area (Å²) in [6.45, 7) is 2.01. The molecule has 1 fully saturated rings. The second-order valence-corrected chi connectivity index (χ2v) is 7.81. The summed E-state index contributed by atoms with van der Waals surface area (Å²) in [5.74, 6) is 0.986. The SMILES string of the molecule is O=C(c1ccccc1)N1CCN(C(=O)c2ccc(Oc3cccc(Br)c3)nc2)CC1. The second-order valence-electron chi connectivity index (χ2n) is 6.89. The van der Waals surface area contributed by atoms with Crippen LogP contribution in [0.25, 0.3) is 0 Å². The van der Waals surface area contributed by atoms with Crippen LogP contribution in [0.5, 0.6) is 11.6 Å². The standard InChI is InChI=1S/C23H20BrN3O3/c24-19-7-4-8-20(15-19)30-21-10-9-18(16-25-21)23(29)27-13-11-26(12-14-27)22(28)17-5-2-1-3-6-17/h1-10,15-16H,11-14H2. The molecule has 0 bridgehead atoms. The van der Waals surface area contributed by atoms with Crippen LogP contribution in [-0.2, 0) is 0 Å². The molecule has 152 valence electrons. The first-order valence-corrected chi connectivity index (χ1v) is 10.4. The van der Waals surface area contributed by atoms with Gasteiger partial charge < -0.3 is 14.5 Å². The number of hydrogen-bond acceptors (Lipinski definition) is 4. The van der Waals surface area contributed by atoms with E-state index in [4.69, 9.17) is 4.74 Å². The molecule has 0 saturated carbocycles. The van der Waals surface area contributed by atoms with Crippen molar-refractivity contribution in [3.63, 3.8) is 0 Å². The van der Waals surface area contributed by atoms with Crippen LogP contribution in [0.4, 0.5) is 0 Å². The fourth-order valence-corrected chi connectivity index (χ4v) is 3.66. The molecule has 1 aliphatic rings. The number of amides is 2. The highest BCUT2D eigenvalue weighted by molar-refractivity contribution is 9.10. The van der Waals surface area contributed by atoms with E-state index in [-0.39, 0.29) is 11.8 Å². The molecule has 0 radical (unpaired) electrons. The van der Waals surface area contributed by atoms with E-state index in [0.717, 1.165) is 4.47 Å². The van der Waals surface area contributed by atoms with Gasteiger partial charge in [0.2, 0.25) is 5.88 Å². The lowest BCUT2D eigenvalue weighted by molar-refractivity contribution is 0.0535. The molecule has 4 rings (SSSR count). The Labute approximate surface area is 183 Å².